The monoisotopic (exact) mass is 297 g/mol. The van der Waals surface area contributed by atoms with E-state index in [0.29, 0.717) is 23.4 Å². The normalized spacial score (nSPS) is 10.1. The van der Waals surface area contributed by atoms with E-state index in [4.69, 9.17) is 4.74 Å². The Labute approximate surface area is 130 Å². The fraction of sp³-hybridized carbons (Fsp3) is 0.222. The van der Waals surface area contributed by atoms with Gasteiger partial charge in [0.2, 0.25) is 0 Å². The summed E-state index contributed by atoms with van der Waals surface area (Å²) < 4.78 is 4.92. The smallest absolute Gasteiger partial charge is 0.338 e. The topological polar surface area (TPSA) is 55.4 Å². The van der Waals surface area contributed by atoms with Crippen LogP contribution in [-0.4, -0.2) is 18.5 Å². The molecule has 2 rings (SSSR count). The van der Waals surface area contributed by atoms with Crippen LogP contribution in [0.4, 0.5) is 5.69 Å². The Morgan fingerprint density at radius 1 is 0.955 bits per heavy atom. The number of hydrogen-bond acceptors (Lipinski definition) is 3. The number of ether oxygens (including phenoxy) is 1. The summed E-state index contributed by atoms with van der Waals surface area (Å²) in [7, 11) is 0. The van der Waals surface area contributed by atoms with Crippen molar-refractivity contribution in [2.45, 2.75) is 20.8 Å². The predicted octanol–water partition coefficient (Wildman–Crippen LogP) is 3.73. The molecule has 0 saturated heterocycles. The van der Waals surface area contributed by atoms with Gasteiger partial charge in [-0.1, -0.05) is 17.2 Å². The lowest BCUT2D eigenvalue weighted by Gasteiger charge is -2.08. The number of anilines is 1. The van der Waals surface area contributed by atoms with Gasteiger partial charge in [-0.25, -0.2) is 4.79 Å². The van der Waals surface area contributed by atoms with Crippen molar-refractivity contribution in [3.8, 4) is 0 Å². The zero-order chi connectivity index (χ0) is 16.1. The lowest BCUT2D eigenvalue weighted by molar-refractivity contribution is 0.0526. The van der Waals surface area contributed by atoms with E-state index in [1.165, 1.54) is 0 Å². The van der Waals surface area contributed by atoms with E-state index in [-0.39, 0.29) is 11.9 Å². The van der Waals surface area contributed by atoms with Crippen molar-refractivity contribution >= 4 is 17.6 Å². The van der Waals surface area contributed by atoms with E-state index in [9.17, 15) is 9.59 Å². The van der Waals surface area contributed by atoms with Gasteiger partial charge in [0.25, 0.3) is 5.91 Å². The second kappa shape index (κ2) is 6.89. The molecule has 0 aliphatic rings. The molecule has 4 heteroatoms. The summed E-state index contributed by atoms with van der Waals surface area (Å²) in [6.07, 6.45) is 0. The molecule has 0 spiro atoms. The van der Waals surface area contributed by atoms with Crippen LogP contribution in [0.3, 0.4) is 0 Å². The lowest BCUT2D eigenvalue weighted by atomic mass is 10.1. The maximum absolute atomic E-state index is 12.2. The maximum Gasteiger partial charge on any atom is 0.338 e. The molecular weight excluding hydrogens is 278 g/mol. The molecule has 0 aliphatic heterocycles. The van der Waals surface area contributed by atoms with Crippen LogP contribution < -0.4 is 5.32 Å². The Bertz CT molecular complexity index is 670. The van der Waals surface area contributed by atoms with Gasteiger partial charge >= 0.3 is 5.97 Å². The highest BCUT2D eigenvalue weighted by Gasteiger charge is 2.09. The lowest BCUT2D eigenvalue weighted by Crippen LogP contribution is -2.12. The van der Waals surface area contributed by atoms with E-state index < -0.39 is 0 Å². The van der Waals surface area contributed by atoms with Crippen LogP contribution >= 0.6 is 0 Å². The zero-order valence-electron chi connectivity index (χ0n) is 13.0. The molecule has 0 aliphatic carbocycles. The predicted molar refractivity (Wildman–Crippen MR) is 86.3 cm³/mol. The minimum absolute atomic E-state index is 0.171. The summed E-state index contributed by atoms with van der Waals surface area (Å²) in [5.74, 6) is -0.537. The Hall–Kier alpha value is -2.62. The molecule has 0 atom stereocenters. The summed E-state index contributed by atoms with van der Waals surface area (Å²) in [5, 5.41) is 2.82. The number of hydrogen-bond donors (Lipinski definition) is 1. The summed E-state index contributed by atoms with van der Waals surface area (Å²) in [4.78, 5) is 23.8. The fourth-order valence-corrected chi connectivity index (χ4v) is 2.21. The van der Waals surface area contributed by atoms with Crippen molar-refractivity contribution in [2.24, 2.45) is 0 Å². The van der Waals surface area contributed by atoms with E-state index in [1.807, 2.05) is 32.0 Å². The second-order valence-corrected chi connectivity index (χ2v) is 5.13. The van der Waals surface area contributed by atoms with Crippen LogP contribution in [0.25, 0.3) is 0 Å². The molecule has 4 nitrogen and oxygen atoms in total. The van der Waals surface area contributed by atoms with Crippen molar-refractivity contribution in [2.75, 3.05) is 11.9 Å². The van der Waals surface area contributed by atoms with E-state index in [1.54, 1.807) is 31.2 Å². The number of aryl methyl sites for hydroxylation is 2. The van der Waals surface area contributed by atoms with Gasteiger partial charge in [0, 0.05) is 11.3 Å². The van der Waals surface area contributed by atoms with Gasteiger partial charge in [-0.15, -0.1) is 0 Å². The fourth-order valence-electron chi connectivity index (χ4n) is 2.21. The van der Waals surface area contributed by atoms with Gasteiger partial charge in [-0.05, 0) is 57.2 Å². The Morgan fingerprint density at radius 3 is 2.09 bits per heavy atom. The zero-order valence-corrected chi connectivity index (χ0v) is 13.0. The second-order valence-electron chi connectivity index (χ2n) is 5.13. The number of carbonyl (C=O) groups is 2. The standard InChI is InChI=1S/C18H19NO3/c1-4-22-18(21)14-5-7-16(8-6-14)19-17(20)15-10-12(2)9-13(3)11-15/h5-11H,4H2,1-3H3,(H,19,20). The Kier molecular flexibility index (Phi) is 4.94. The molecule has 2 aromatic rings. The number of rotatable bonds is 4. The number of esters is 1. The highest BCUT2D eigenvalue weighted by molar-refractivity contribution is 6.04. The van der Waals surface area contributed by atoms with Crippen molar-refractivity contribution in [1.29, 1.82) is 0 Å². The van der Waals surface area contributed by atoms with Crippen molar-refractivity contribution in [3.05, 3.63) is 64.7 Å². The highest BCUT2D eigenvalue weighted by atomic mass is 16.5. The van der Waals surface area contributed by atoms with Gasteiger partial charge in [-0.3, -0.25) is 4.79 Å². The first-order valence-corrected chi connectivity index (χ1v) is 7.16. The van der Waals surface area contributed by atoms with Gasteiger partial charge in [0.05, 0.1) is 12.2 Å². The first kappa shape index (κ1) is 15.8. The molecule has 0 bridgehead atoms. The van der Waals surface area contributed by atoms with Crippen LogP contribution in [0.5, 0.6) is 0 Å². The maximum atomic E-state index is 12.2. The van der Waals surface area contributed by atoms with Crippen LogP contribution in [0.15, 0.2) is 42.5 Å². The SMILES string of the molecule is CCOC(=O)c1ccc(NC(=O)c2cc(C)cc(C)c2)cc1. The minimum atomic E-state index is -0.366. The molecule has 1 amide bonds. The van der Waals surface area contributed by atoms with Crippen LogP contribution in [0.1, 0.15) is 38.8 Å². The third-order valence-corrected chi connectivity index (χ3v) is 3.14. The Morgan fingerprint density at radius 2 is 1.55 bits per heavy atom. The van der Waals surface area contributed by atoms with E-state index in [0.717, 1.165) is 11.1 Å². The molecule has 0 unspecified atom stereocenters. The first-order valence-electron chi connectivity index (χ1n) is 7.16. The van der Waals surface area contributed by atoms with Gasteiger partial charge < -0.3 is 10.1 Å². The number of carbonyl (C=O) groups excluding carboxylic acids is 2. The third-order valence-electron chi connectivity index (χ3n) is 3.14. The molecule has 0 radical (unpaired) electrons. The molecule has 1 N–H and O–H groups in total. The first-order chi connectivity index (χ1) is 10.5. The van der Waals surface area contributed by atoms with Crippen LogP contribution in [0, 0.1) is 13.8 Å². The van der Waals surface area contributed by atoms with E-state index in [2.05, 4.69) is 5.32 Å². The molecule has 114 valence electrons. The molecule has 0 aromatic heterocycles. The van der Waals surface area contributed by atoms with Crippen molar-refractivity contribution < 1.29 is 14.3 Å². The molecule has 22 heavy (non-hydrogen) atoms. The van der Waals surface area contributed by atoms with Crippen LogP contribution in [-0.2, 0) is 4.74 Å². The molecule has 2 aromatic carbocycles. The quantitative estimate of drug-likeness (QED) is 0.875. The number of nitrogens with one attached hydrogen (secondary N) is 1. The number of benzene rings is 2. The van der Waals surface area contributed by atoms with E-state index >= 15 is 0 Å². The molecule has 0 saturated carbocycles. The summed E-state index contributed by atoms with van der Waals surface area (Å²) in [5.41, 5.74) is 3.81. The van der Waals surface area contributed by atoms with Crippen molar-refractivity contribution in [3.63, 3.8) is 0 Å². The highest BCUT2D eigenvalue weighted by Crippen LogP contribution is 2.14. The average molecular weight is 297 g/mol. The largest absolute Gasteiger partial charge is 0.462 e. The van der Waals surface area contributed by atoms with Gasteiger partial charge in [0.15, 0.2) is 0 Å². The number of amides is 1. The summed E-state index contributed by atoms with van der Waals surface area (Å²) in [6, 6.07) is 12.3. The average Bonchev–Trinajstić information content (AvgIpc) is 2.47. The molecular formula is C18H19NO3. The minimum Gasteiger partial charge on any atom is -0.462 e. The molecule has 0 heterocycles. The van der Waals surface area contributed by atoms with Crippen LogP contribution in [0.2, 0.25) is 0 Å². The molecule has 0 fully saturated rings. The summed E-state index contributed by atoms with van der Waals surface area (Å²) >= 11 is 0. The van der Waals surface area contributed by atoms with Gasteiger partial charge in [0.1, 0.15) is 0 Å². The Balaban J connectivity index is 2.10. The van der Waals surface area contributed by atoms with Gasteiger partial charge in [-0.2, -0.15) is 0 Å². The summed E-state index contributed by atoms with van der Waals surface area (Å²) in [6.45, 7) is 6.01. The van der Waals surface area contributed by atoms with Crippen molar-refractivity contribution in [1.82, 2.24) is 0 Å². The third kappa shape index (κ3) is 3.95.